The van der Waals surface area contributed by atoms with Crippen molar-refractivity contribution >= 4 is 12.6 Å². The van der Waals surface area contributed by atoms with Crippen LogP contribution in [0.3, 0.4) is 0 Å². The van der Waals surface area contributed by atoms with Crippen molar-refractivity contribution in [3.05, 3.63) is 0 Å². The first kappa shape index (κ1) is 12.3. The zero-order valence-electron chi connectivity index (χ0n) is 8.80. The van der Waals surface area contributed by atoms with E-state index in [1.54, 1.807) is 0 Å². The summed E-state index contributed by atoms with van der Waals surface area (Å²) in [5.74, 6) is 0.785. The Hall–Kier alpha value is 0.310. The molecule has 0 saturated carbocycles. The van der Waals surface area contributed by atoms with Gasteiger partial charge in [0.05, 0.1) is 0 Å². The molecule has 2 heteroatoms. The molecule has 0 saturated heterocycles. The predicted molar refractivity (Wildman–Crippen MR) is 60.0 cm³/mol. The van der Waals surface area contributed by atoms with Gasteiger partial charge in [-0.2, -0.15) is 12.6 Å². The quantitative estimate of drug-likeness (QED) is 0.612. The fourth-order valence-electron chi connectivity index (χ4n) is 1.88. The van der Waals surface area contributed by atoms with Crippen molar-refractivity contribution in [3.63, 3.8) is 0 Å². The summed E-state index contributed by atoms with van der Waals surface area (Å²) in [5, 5.41) is 3.81. The van der Waals surface area contributed by atoms with Gasteiger partial charge in [-0.05, 0) is 19.4 Å². The lowest BCUT2D eigenvalue weighted by atomic mass is 9.90. The normalized spacial score (nSPS) is 18.8. The van der Waals surface area contributed by atoms with E-state index < -0.39 is 0 Å². The first-order valence-corrected chi connectivity index (χ1v) is 5.54. The van der Waals surface area contributed by atoms with Gasteiger partial charge < -0.3 is 5.32 Å². The first-order valence-electron chi connectivity index (χ1n) is 5.02. The zero-order chi connectivity index (χ0) is 9.56. The van der Waals surface area contributed by atoms with Crippen LogP contribution in [0.4, 0.5) is 0 Å². The van der Waals surface area contributed by atoms with Crippen LogP contribution in [0.5, 0.6) is 0 Å². The van der Waals surface area contributed by atoms with Crippen LogP contribution in [0.15, 0.2) is 0 Å². The van der Waals surface area contributed by atoms with Crippen LogP contribution in [-0.4, -0.2) is 18.3 Å². The van der Waals surface area contributed by atoms with Gasteiger partial charge in [-0.15, -0.1) is 0 Å². The van der Waals surface area contributed by atoms with Gasteiger partial charge in [0, 0.05) is 11.3 Å². The molecule has 0 spiro atoms. The summed E-state index contributed by atoms with van der Waals surface area (Å²) in [6, 6.07) is 0.568. The molecule has 0 aromatic heterocycles. The van der Waals surface area contributed by atoms with Crippen molar-refractivity contribution in [2.75, 3.05) is 7.05 Å². The largest absolute Gasteiger partial charge is 0.316 e. The molecular weight excluding hydrogens is 166 g/mol. The number of hydrogen-bond donors (Lipinski definition) is 2. The summed E-state index contributed by atoms with van der Waals surface area (Å²) < 4.78 is 0. The Balaban J connectivity index is 4.02. The van der Waals surface area contributed by atoms with Crippen molar-refractivity contribution in [1.29, 1.82) is 0 Å². The molecule has 0 aliphatic heterocycles. The monoisotopic (exact) mass is 189 g/mol. The maximum Gasteiger partial charge on any atom is 0.0206 e. The lowest BCUT2D eigenvalue weighted by Crippen LogP contribution is -2.39. The van der Waals surface area contributed by atoms with Gasteiger partial charge >= 0.3 is 0 Å². The fourth-order valence-corrected chi connectivity index (χ4v) is 2.27. The van der Waals surface area contributed by atoms with Crippen LogP contribution in [0.2, 0.25) is 0 Å². The lowest BCUT2D eigenvalue weighted by Gasteiger charge is -2.28. The molecule has 0 aliphatic carbocycles. The highest BCUT2D eigenvalue weighted by Gasteiger charge is 2.20. The maximum atomic E-state index is 4.50. The van der Waals surface area contributed by atoms with E-state index in [-0.39, 0.29) is 0 Å². The minimum absolute atomic E-state index is 0.450. The molecule has 0 radical (unpaired) electrons. The molecule has 0 aromatic rings. The summed E-state index contributed by atoms with van der Waals surface area (Å²) in [5.41, 5.74) is 0. The Morgan fingerprint density at radius 3 is 2.17 bits per heavy atom. The SMILES string of the molecule is CCCC(CC)C(NC)C(C)S. The highest BCUT2D eigenvalue weighted by Crippen LogP contribution is 2.20. The van der Waals surface area contributed by atoms with E-state index in [9.17, 15) is 0 Å². The molecule has 0 bridgehead atoms. The van der Waals surface area contributed by atoms with E-state index in [1.807, 2.05) is 7.05 Å². The van der Waals surface area contributed by atoms with Crippen molar-refractivity contribution in [1.82, 2.24) is 5.32 Å². The molecule has 0 aliphatic rings. The zero-order valence-corrected chi connectivity index (χ0v) is 9.70. The van der Waals surface area contributed by atoms with E-state index >= 15 is 0 Å². The molecule has 3 unspecified atom stereocenters. The average Bonchev–Trinajstić information content (AvgIpc) is 2.03. The molecule has 0 aromatic carbocycles. The van der Waals surface area contributed by atoms with Gasteiger partial charge in [0.1, 0.15) is 0 Å². The van der Waals surface area contributed by atoms with Gasteiger partial charge in [-0.25, -0.2) is 0 Å². The van der Waals surface area contributed by atoms with Crippen molar-refractivity contribution in [2.45, 2.75) is 51.3 Å². The Bertz CT molecular complexity index is 104. The Kier molecular flexibility index (Phi) is 6.96. The number of rotatable bonds is 6. The van der Waals surface area contributed by atoms with Crippen LogP contribution in [0, 0.1) is 5.92 Å². The Morgan fingerprint density at radius 2 is 1.92 bits per heavy atom. The first-order chi connectivity index (χ1) is 5.67. The third-order valence-corrected chi connectivity index (χ3v) is 2.87. The number of thiol groups is 1. The number of hydrogen-bond acceptors (Lipinski definition) is 2. The molecule has 1 N–H and O–H groups in total. The molecule has 0 heterocycles. The van der Waals surface area contributed by atoms with Crippen LogP contribution < -0.4 is 5.32 Å². The van der Waals surface area contributed by atoms with Gasteiger partial charge in [0.15, 0.2) is 0 Å². The lowest BCUT2D eigenvalue weighted by molar-refractivity contribution is 0.336. The van der Waals surface area contributed by atoms with Crippen molar-refractivity contribution < 1.29 is 0 Å². The highest BCUT2D eigenvalue weighted by molar-refractivity contribution is 7.81. The van der Waals surface area contributed by atoms with Crippen LogP contribution in [-0.2, 0) is 0 Å². The smallest absolute Gasteiger partial charge is 0.0206 e. The number of nitrogens with one attached hydrogen (secondary N) is 1. The molecule has 12 heavy (non-hydrogen) atoms. The Labute approximate surface area is 82.7 Å². The maximum absolute atomic E-state index is 4.50. The third-order valence-electron chi connectivity index (χ3n) is 2.54. The molecule has 0 amide bonds. The third kappa shape index (κ3) is 3.81. The highest BCUT2D eigenvalue weighted by atomic mass is 32.1. The van der Waals surface area contributed by atoms with Crippen molar-refractivity contribution in [2.24, 2.45) is 5.92 Å². The second-order valence-electron chi connectivity index (χ2n) is 3.51. The topological polar surface area (TPSA) is 12.0 Å². The predicted octanol–water partition coefficient (Wildman–Crippen LogP) is 2.72. The van der Waals surface area contributed by atoms with Crippen LogP contribution >= 0.6 is 12.6 Å². The van der Waals surface area contributed by atoms with Crippen LogP contribution in [0.1, 0.15) is 40.0 Å². The van der Waals surface area contributed by atoms with E-state index in [2.05, 4.69) is 38.7 Å². The van der Waals surface area contributed by atoms with Crippen molar-refractivity contribution in [3.8, 4) is 0 Å². The summed E-state index contributed by atoms with van der Waals surface area (Å²) in [6.07, 6.45) is 3.84. The van der Waals surface area contributed by atoms with Crippen LogP contribution in [0.25, 0.3) is 0 Å². The minimum Gasteiger partial charge on any atom is -0.316 e. The molecule has 3 atom stereocenters. The molecular formula is C10H23NS. The fraction of sp³-hybridized carbons (Fsp3) is 1.00. The van der Waals surface area contributed by atoms with E-state index in [0.29, 0.717) is 11.3 Å². The second-order valence-corrected chi connectivity index (χ2v) is 4.33. The van der Waals surface area contributed by atoms with E-state index in [1.165, 1.54) is 19.3 Å². The molecule has 74 valence electrons. The standard InChI is InChI=1S/C10H23NS/c1-5-7-9(6-2)10(11-4)8(3)12/h8-12H,5-7H2,1-4H3. The van der Waals surface area contributed by atoms with Gasteiger partial charge in [-0.3, -0.25) is 0 Å². The summed E-state index contributed by atoms with van der Waals surface area (Å²) in [6.45, 7) is 6.68. The second kappa shape index (κ2) is 6.79. The van der Waals surface area contributed by atoms with E-state index in [4.69, 9.17) is 0 Å². The van der Waals surface area contributed by atoms with E-state index in [0.717, 1.165) is 5.92 Å². The Morgan fingerprint density at radius 1 is 1.33 bits per heavy atom. The summed E-state index contributed by atoms with van der Waals surface area (Å²) in [7, 11) is 2.04. The summed E-state index contributed by atoms with van der Waals surface area (Å²) >= 11 is 4.50. The molecule has 0 rings (SSSR count). The van der Waals surface area contributed by atoms with Gasteiger partial charge in [0.25, 0.3) is 0 Å². The summed E-state index contributed by atoms with van der Waals surface area (Å²) in [4.78, 5) is 0. The van der Waals surface area contributed by atoms with Gasteiger partial charge in [-0.1, -0.05) is 33.6 Å². The molecule has 0 fully saturated rings. The van der Waals surface area contributed by atoms with Gasteiger partial charge in [0.2, 0.25) is 0 Å². The minimum atomic E-state index is 0.450. The molecule has 1 nitrogen and oxygen atoms in total. The average molecular weight is 189 g/mol.